The zero-order chi connectivity index (χ0) is 12.5. The standard InChI is InChI=1S/C11H18N2O3/c1-7-6-8(12-13(7)4)11(2,3)9(14)10(15)16-5/h6,9,14H,1-5H3. The van der Waals surface area contributed by atoms with Crippen LogP contribution >= 0.6 is 0 Å². The van der Waals surface area contributed by atoms with Crippen molar-refractivity contribution in [3.8, 4) is 0 Å². The summed E-state index contributed by atoms with van der Waals surface area (Å²) in [7, 11) is 3.07. The van der Waals surface area contributed by atoms with Crippen molar-refractivity contribution in [2.45, 2.75) is 32.3 Å². The third-order valence-corrected chi connectivity index (χ3v) is 2.88. The summed E-state index contributed by atoms with van der Waals surface area (Å²) in [6, 6.07) is 1.85. The van der Waals surface area contributed by atoms with Crippen molar-refractivity contribution in [3.63, 3.8) is 0 Å². The normalized spacial score (nSPS) is 13.6. The minimum absolute atomic E-state index is 0.645. The third-order valence-electron chi connectivity index (χ3n) is 2.88. The van der Waals surface area contributed by atoms with Crippen molar-refractivity contribution >= 4 is 5.97 Å². The second-order valence-corrected chi connectivity index (χ2v) is 4.44. The van der Waals surface area contributed by atoms with Crippen LogP contribution in [-0.4, -0.2) is 34.1 Å². The molecule has 0 amide bonds. The van der Waals surface area contributed by atoms with Crippen molar-refractivity contribution in [1.82, 2.24) is 9.78 Å². The van der Waals surface area contributed by atoms with Crippen LogP contribution in [0.15, 0.2) is 6.07 Å². The van der Waals surface area contributed by atoms with E-state index in [2.05, 4.69) is 9.84 Å². The van der Waals surface area contributed by atoms with E-state index in [0.29, 0.717) is 5.69 Å². The number of aliphatic hydroxyl groups excluding tert-OH is 1. The number of nitrogens with zero attached hydrogens (tertiary/aromatic N) is 2. The predicted molar refractivity (Wildman–Crippen MR) is 59.0 cm³/mol. The van der Waals surface area contributed by atoms with Crippen LogP contribution in [0.25, 0.3) is 0 Å². The fraction of sp³-hybridized carbons (Fsp3) is 0.636. The number of ether oxygens (including phenoxy) is 1. The highest BCUT2D eigenvalue weighted by atomic mass is 16.5. The van der Waals surface area contributed by atoms with Crippen LogP contribution in [0.5, 0.6) is 0 Å². The molecule has 90 valence electrons. The third kappa shape index (κ3) is 2.09. The predicted octanol–water partition coefficient (Wildman–Crippen LogP) is 0.540. The quantitative estimate of drug-likeness (QED) is 0.764. The summed E-state index contributed by atoms with van der Waals surface area (Å²) in [5, 5.41) is 14.1. The molecule has 0 aliphatic heterocycles. The average molecular weight is 226 g/mol. The number of aromatic nitrogens is 2. The smallest absolute Gasteiger partial charge is 0.335 e. The van der Waals surface area contributed by atoms with Crippen molar-refractivity contribution in [3.05, 3.63) is 17.5 Å². The summed E-state index contributed by atoms with van der Waals surface area (Å²) in [6.45, 7) is 5.43. The van der Waals surface area contributed by atoms with E-state index in [4.69, 9.17) is 0 Å². The Kier molecular flexibility index (Phi) is 3.38. The molecule has 1 aromatic rings. The first-order valence-corrected chi connectivity index (χ1v) is 5.07. The highest BCUT2D eigenvalue weighted by Crippen LogP contribution is 2.27. The largest absolute Gasteiger partial charge is 0.467 e. The maximum Gasteiger partial charge on any atom is 0.335 e. The zero-order valence-corrected chi connectivity index (χ0v) is 10.3. The first-order chi connectivity index (χ1) is 7.30. The molecular weight excluding hydrogens is 208 g/mol. The average Bonchev–Trinajstić information content (AvgIpc) is 2.57. The van der Waals surface area contributed by atoms with Gasteiger partial charge in [-0.2, -0.15) is 5.10 Å². The molecule has 1 aromatic heterocycles. The lowest BCUT2D eigenvalue weighted by Gasteiger charge is -2.26. The molecule has 1 heterocycles. The first-order valence-electron chi connectivity index (χ1n) is 5.07. The number of rotatable bonds is 3. The van der Waals surface area contributed by atoms with E-state index in [0.717, 1.165) is 5.69 Å². The minimum Gasteiger partial charge on any atom is -0.467 e. The van der Waals surface area contributed by atoms with E-state index >= 15 is 0 Å². The van der Waals surface area contributed by atoms with Crippen molar-refractivity contribution < 1.29 is 14.6 Å². The maximum atomic E-state index is 11.3. The van der Waals surface area contributed by atoms with Gasteiger partial charge in [0.2, 0.25) is 0 Å². The molecule has 0 aliphatic rings. The maximum absolute atomic E-state index is 11.3. The van der Waals surface area contributed by atoms with E-state index in [1.807, 2.05) is 20.0 Å². The topological polar surface area (TPSA) is 64.3 Å². The molecule has 1 unspecified atom stereocenters. The molecule has 5 heteroatoms. The van der Waals surface area contributed by atoms with Crippen LogP contribution in [0, 0.1) is 6.92 Å². The number of carbonyl (C=O) groups is 1. The summed E-state index contributed by atoms with van der Waals surface area (Å²) in [5.74, 6) is -0.645. The Morgan fingerprint density at radius 3 is 2.56 bits per heavy atom. The van der Waals surface area contributed by atoms with E-state index in [9.17, 15) is 9.90 Å². The molecule has 0 bridgehead atoms. The fourth-order valence-electron chi connectivity index (χ4n) is 1.42. The molecule has 0 spiro atoms. The monoisotopic (exact) mass is 226 g/mol. The van der Waals surface area contributed by atoms with Gasteiger partial charge >= 0.3 is 5.97 Å². The molecule has 5 nitrogen and oxygen atoms in total. The molecule has 1 N–H and O–H groups in total. The lowest BCUT2D eigenvalue weighted by Crippen LogP contribution is -2.41. The van der Waals surface area contributed by atoms with E-state index < -0.39 is 17.5 Å². The van der Waals surface area contributed by atoms with Crippen molar-refractivity contribution in [1.29, 1.82) is 0 Å². The number of aliphatic hydroxyl groups is 1. The molecule has 0 saturated heterocycles. The van der Waals surface area contributed by atoms with Crippen LogP contribution in [0.1, 0.15) is 25.2 Å². The van der Waals surface area contributed by atoms with Gasteiger partial charge in [0.05, 0.1) is 12.8 Å². The molecule has 1 atom stereocenters. The van der Waals surface area contributed by atoms with Crippen LogP contribution in [0.2, 0.25) is 0 Å². The van der Waals surface area contributed by atoms with Crippen molar-refractivity contribution in [2.24, 2.45) is 7.05 Å². The molecule has 0 saturated carbocycles. The Balaban J connectivity index is 3.05. The summed E-state index contributed by atoms with van der Waals surface area (Å²) in [5.41, 5.74) is 0.879. The summed E-state index contributed by atoms with van der Waals surface area (Å²) >= 11 is 0. The summed E-state index contributed by atoms with van der Waals surface area (Å²) in [6.07, 6.45) is -1.22. The van der Waals surface area contributed by atoms with Gasteiger partial charge in [-0.25, -0.2) is 4.79 Å². The highest BCUT2D eigenvalue weighted by Gasteiger charge is 2.38. The lowest BCUT2D eigenvalue weighted by molar-refractivity contribution is -0.154. The molecule has 1 rings (SSSR count). The van der Waals surface area contributed by atoms with Gasteiger partial charge in [0.1, 0.15) is 0 Å². The van der Waals surface area contributed by atoms with Crippen LogP contribution in [0.4, 0.5) is 0 Å². The molecule has 0 aliphatic carbocycles. The molecule has 0 aromatic carbocycles. The van der Waals surface area contributed by atoms with Gasteiger partial charge in [-0.05, 0) is 13.0 Å². The van der Waals surface area contributed by atoms with Gasteiger partial charge < -0.3 is 9.84 Å². The van der Waals surface area contributed by atoms with Crippen LogP contribution in [0.3, 0.4) is 0 Å². The van der Waals surface area contributed by atoms with E-state index in [-0.39, 0.29) is 0 Å². The number of carbonyl (C=O) groups excluding carboxylic acids is 1. The van der Waals surface area contributed by atoms with Crippen molar-refractivity contribution in [2.75, 3.05) is 7.11 Å². The Morgan fingerprint density at radius 2 is 2.19 bits per heavy atom. The Morgan fingerprint density at radius 1 is 1.62 bits per heavy atom. The van der Waals surface area contributed by atoms with E-state index in [1.54, 1.807) is 18.5 Å². The number of hydrogen-bond acceptors (Lipinski definition) is 4. The van der Waals surface area contributed by atoms with E-state index in [1.165, 1.54) is 7.11 Å². The molecular formula is C11H18N2O3. The van der Waals surface area contributed by atoms with Gasteiger partial charge in [-0.1, -0.05) is 13.8 Å². The summed E-state index contributed by atoms with van der Waals surface area (Å²) in [4.78, 5) is 11.3. The second-order valence-electron chi connectivity index (χ2n) is 4.44. The van der Waals surface area contributed by atoms with Gasteiger partial charge in [0.25, 0.3) is 0 Å². The molecule has 0 fully saturated rings. The SMILES string of the molecule is COC(=O)C(O)C(C)(C)c1cc(C)n(C)n1. The lowest BCUT2D eigenvalue weighted by atomic mass is 9.83. The van der Waals surface area contributed by atoms with Crippen LogP contribution in [-0.2, 0) is 22.0 Å². The minimum atomic E-state index is -1.22. The van der Waals surface area contributed by atoms with Gasteiger partial charge in [0, 0.05) is 18.2 Å². The van der Waals surface area contributed by atoms with Gasteiger partial charge in [-0.3, -0.25) is 4.68 Å². The van der Waals surface area contributed by atoms with Crippen LogP contribution < -0.4 is 0 Å². The Bertz CT molecular complexity index is 376. The number of aryl methyl sites for hydroxylation is 2. The first kappa shape index (κ1) is 12.7. The number of esters is 1. The second kappa shape index (κ2) is 4.25. The Hall–Kier alpha value is -1.36. The van der Waals surface area contributed by atoms with Gasteiger partial charge in [-0.15, -0.1) is 0 Å². The molecule has 16 heavy (non-hydrogen) atoms. The van der Waals surface area contributed by atoms with Gasteiger partial charge in [0.15, 0.2) is 6.10 Å². The zero-order valence-electron chi connectivity index (χ0n) is 10.3. The number of hydrogen-bond donors (Lipinski definition) is 1. The fourth-order valence-corrected chi connectivity index (χ4v) is 1.42. The summed E-state index contributed by atoms with van der Waals surface area (Å²) < 4.78 is 6.24. The molecule has 0 radical (unpaired) electrons. The Labute approximate surface area is 95.0 Å². The highest BCUT2D eigenvalue weighted by molar-refractivity contribution is 5.76. The number of methoxy groups -OCH3 is 1.